The largest absolute Gasteiger partial charge is 0.349 e. The van der Waals surface area contributed by atoms with Crippen LogP contribution in [0.2, 0.25) is 0 Å². The highest BCUT2D eigenvalue weighted by atomic mass is 16.2. The molecule has 1 aromatic heterocycles. The van der Waals surface area contributed by atoms with E-state index in [4.69, 9.17) is 0 Å². The number of nitrogens with zero attached hydrogens (tertiary/aromatic N) is 4. The third-order valence-electron chi connectivity index (χ3n) is 4.04. The van der Waals surface area contributed by atoms with Gasteiger partial charge in [-0.1, -0.05) is 37.3 Å². The first-order chi connectivity index (χ1) is 11.7. The number of benzene rings is 1. The Balaban J connectivity index is 1.66. The van der Waals surface area contributed by atoms with Gasteiger partial charge in [-0.3, -0.25) is 9.59 Å². The fourth-order valence-corrected chi connectivity index (χ4v) is 2.74. The lowest BCUT2D eigenvalue weighted by molar-refractivity contribution is -0.132. The zero-order valence-corrected chi connectivity index (χ0v) is 13.7. The van der Waals surface area contributed by atoms with Crippen molar-refractivity contribution in [2.24, 2.45) is 0 Å². The van der Waals surface area contributed by atoms with E-state index >= 15 is 0 Å². The number of fused-ring (bicyclic) bond motifs is 1. The Morgan fingerprint density at radius 3 is 2.71 bits per heavy atom. The van der Waals surface area contributed by atoms with Gasteiger partial charge in [-0.25, -0.2) is 0 Å². The van der Waals surface area contributed by atoms with E-state index in [1.54, 1.807) is 9.47 Å². The van der Waals surface area contributed by atoms with Crippen molar-refractivity contribution in [3.63, 3.8) is 0 Å². The highest BCUT2D eigenvalue weighted by molar-refractivity contribution is 5.90. The number of carbonyl (C=O) groups excluding carboxylic acids is 2. The summed E-state index contributed by atoms with van der Waals surface area (Å²) in [6.45, 7) is 4.10. The Morgan fingerprint density at radius 1 is 1.17 bits per heavy atom. The molecule has 2 heterocycles. The van der Waals surface area contributed by atoms with Gasteiger partial charge in [-0.15, -0.1) is 10.2 Å². The first-order valence-corrected chi connectivity index (χ1v) is 8.21. The summed E-state index contributed by atoms with van der Waals surface area (Å²) in [5.41, 5.74) is 0.995. The summed E-state index contributed by atoms with van der Waals surface area (Å²) in [6, 6.07) is 9.68. The fourth-order valence-electron chi connectivity index (χ4n) is 2.74. The van der Waals surface area contributed by atoms with Crippen LogP contribution < -0.4 is 5.32 Å². The van der Waals surface area contributed by atoms with E-state index in [1.807, 2.05) is 37.3 Å². The molecule has 24 heavy (non-hydrogen) atoms. The highest BCUT2D eigenvalue weighted by Crippen LogP contribution is 2.14. The van der Waals surface area contributed by atoms with Crippen LogP contribution >= 0.6 is 0 Å². The lowest BCUT2D eigenvalue weighted by atomic mass is 10.1. The van der Waals surface area contributed by atoms with E-state index in [0.29, 0.717) is 44.2 Å². The summed E-state index contributed by atoms with van der Waals surface area (Å²) in [7, 11) is 0. The van der Waals surface area contributed by atoms with Crippen LogP contribution in [0.3, 0.4) is 0 Å². The van der Waals surface area contributed by atoms with E-state index in [9.17, 15) is 9.59 Å². The molecule has 2 amide bonds. The number of aromatic nitrogens is 3. The number of hydrogen-bond donors (Lipinski definition) is 1. The molecule has 7 heteroatoms. The second kappa shape index (κ2) is 7.25. The minimum atomic E-state index is -0.209. The van der Waals surface area contributed by atoms with Crippen molar-refractivity contribution in [1.29, 1.82) is 0 Å². The van der Waals surface area contributed by atoms with Gasteiger partial charge in [-0.2, -0.15) is 0 Å². The fraction of sp³-hybridized carbons (Fsp3) is 0.412. The second-order valence-electron chi connectivity index (χ2n) is 5.83. The molecule has 0 bridgehead atoms. The van der Waals surface area contributed by atoms with Crippen molar-refractivity contribution in [2.75, 3.05) is 13.1 Å². The highest BCUT2D eigenvalue weighted by Gasteiger charge is 2.26. The summed E-state index contributed by atoms with van der Waals surface area (Å²) in [6.07, 6.45) is 1.24. The average Bonchev–Trinajstić information content (AvgIpc) is 3.03. The van der Waals surface area contributed by atoms with Gasteiger partial charge in [0.05, 0.1) is 13.0 Å². The smallest absolute Gasteiger partial charge is 0.289 e. The van der Waals surface area contributed by atoms with Gasteiger partial charge in [0.2, 0.25) is 11.7 Å². The van der Waals surface area contributed by atoms with E-state index in [0.717, 1.165) is 12.0 Å². The minimum absolute atomic E-state index is 0.0624. The Kier molecular flexibility index (Phi) is 4.88. The Hall–Kier alpha value is -2.70. The van der Waals surface area contributed by atoms with Crippen LogP contribution in [-0.4, -0.2) is 44.6 Å². The molecular weight excluding hydrogens is 306 g/mol. The zero-order valence-electron chi connectivity index (χ0n) is 13.7. The molecule has 0 fully saturated rings. The van der Waals surface area contributed by atoms with E-state index in [-0.39, 0.29) is 11.8 Å². The molecule has 0 atom stereocenters. The molecule has 2 aromatic rings. The van der Waals surface area contributed by atoms with Crippen LogP contribution in [0, 0.1) is 0 Å². The third-order valence-corrected chi connectivity index (χ3v) is 4.04. The Labute approximate surface area is 140 Å². The maximum atomic E-state index is 12.4. The first kappa shape index (κ1) is 16.2. The standard InChI is InChI=1S/C17H21N5O2/c1-2-8-18-17(24)16-20-19-14-12-21(9-10-22(14)16)15(23)11-13-6-4-3-5-7-13/h3-7H,2,8-12H2,1H3,(H,18,24). The van der Waals surface area contributed by atoms with Gasteiger partial charge in [0.1, 0.15) is 0 Å². The van der Waals surface area contributed by atoms with Gasteiger partial charge >= 0.3 is 0 Å². The van der Waals surface area contributed by atoms with Crippen molar-refractivity contribution in [3.05, 3.63) is 47.5 Å². The lowest BCUT2D eigenvalue weighted by Crippen LogP contribution is -2.40. The maximum absolute atomic E-state index is 12.4. The molecule has 1 aliphatic rings. The van der Waals surface area contributed by atoms with E-state index < -0.39 is 0 Å². The van der Waals surface area contributed by atoms with Crippen LogP contribution in [0.4, 0.5) is 0 Å². The summed E-state index contributed by atoms with van der Waals surface area (Å²) in [4.78, 5) is 26.3. The Bertz CT molecular complexity index is 726. The molecule has 0 saturated heterocycles. The predicted molar refractivity (Wildman–Crippen MR) is 88.2 cm³/mol. The number of carbonyl (C=O) groups is 2. The molecule has 7 nitrogen and oxygen atoms in total. The van der Waals surface area contributed by atoms with Crippen LogP contribution in [0.5, 0.6) is 0 Å². The number of amides is 2. The van der Waals surface area contributed by atoms with Gasteiger partial charge < -0.3 is 14.8 Å². The normalized spacial score (nSPS) is 13.5. The number of rotatable bonds is 5. The maximum Gasteiger partial charge on any atom is 0.289 e. The van der Waals surface area contributed by atoms with Crippen molar-refractivity contribution in [3.8, 4) is 0 Å². The summed E-state index contributed by atoms with van der Waals surface area (Å²) >= 11 is 0. The molecule has 0 radical (unpaired) electrons. The zero-order chi connectivity index (χ0) is 16.9. The molecule has 126 valence electrons. The van der Waals surface area contributed by atoms with Crippen molar-refractivity contribution in [1.82, 2.24) is 25.0 Å². The second-order valence-corrected chi connectivity index (χ2v) is 5.83. The topological polar surface area (TPSA) is 80.1 Å². The van der Waals surface area contributed by atoms with Crippen LogP contribution in [0.1, 0.15) is 35.4 Å². The van der Waals surface area contributed by atoms with Crippen molar-refractivity contribution in [2.45, 2.75) is 32.9 Å². The van der Waals surface area contributed by atoms with Crippen LogP contribution in [0.25, 0.3) is 0 Å². The minimum Gasteiger partial charge on any atom is -0.349 e. The Morgan fingerprint density at radius 2 is 1.96 bits per heavy atom. The van der Waals surface area contributed by atoms with Gasteiger partial charge in [0.15, 0.2) is 5.82 Å². The molecule has 0 spiro atoms. The molecule has 1 N–H and O–H groups in total. The van der Waals surface area contributed by atoms with E-state index in [1.165, 1.54) is 0 Å². The summed E-state index contributed by atoms with van der Waals surface area (Å²) < 4.78 is 1.80. The molecule has 3 rings (SSSR count). The molecule has 1 aliphatic heterocycles. The van der Waals surface area contributed by atoms with Crippen molar-refractivity contribution < 1.29 is 9.59 Å². The molecule has 0 aliphatic carbocycles. The molecule has 0 unspecified atom stereocenters. The summed E-state index contributed by atoms with van der Waals surface area (Å²) in [5.74, 6) is 0.838. The molecule has 0 saturated carbocycles. The lowest BCUT2D eigenvalue weighted by Gasteiger charge is -2.27. The van der Waals surface area contributed by atoms with Crippen LogP contribution in [0.15, 0.2) is 30.3 Å². The van der Waals surface area contributed by atoms with Crippen LogP contribution in [-0.2, 0) is 24.3 Å². The number of nitrogens with one attached hydrogen (secondary N) is 1. The number of hydrogen-bond acceptors (Lipinski definition) is 4. The molecular formula is C17H21N5O2. The predicted octanol–water partition coefficient (Wildman–Crippen LogP) is 1.00. The van der Waals surface area contributed by atoms with Gasteiger partial charge in [-0.05, 0) is 12.0 Å². The summed E-state index contributed by atoms with van der Waals surface area (Å²) in [5, 5.41) is 10.9. The quantitative estimate of drug-likeness (QED) is 0.888. The van der Waals surface area contributed by atoms with E-state index in [2.05, 4.69) is 15.5 Å². The molecule has 1 aromatic carbocycles. The SMILES string of the molecule is CCCNC(=O)c1nnc2n1CCN(C(=O)Cc1ccccc1)C2. The monoisotopic (exact) mass is 327 g/mol. The first-order valence-electron chi connectivity index (χ1n) is 8.21. The van der Waals surface area contributed by atoms with Gasteiger partial charge in [0.25, 0.3) is 5.91 Å². The van der Waals surface area contributed by atoms with Gasteiger partial charge in [0, 0.05) is 19.6 Å². The van der Waals surface area contributed by atoms with Crippen molar-refractivity contribution >= 4 is 11.8 Å². The average molecular weight is 327 g/mol. The third kappa shape index (κ3) is 3.45.